The first kappa shape index (κ1) is 48.3. The second-order valence-electron chi connectivity index (χ2n) is 21.8. The number of unbranched alkanes of at least 4 members (excludes halogenated alkanes) is 2. The van der Waals surface area contributed by atoms with Crippen LogP contribution in [0, 0.1) is 0 Å². The SMILES string of the molecule is Cl.Cl.[CH2]=[Hf]([C]1=CC=CC1)([c]1ccc(CCCC)cc1)([c]1ccc(CCCC)cc1)[c]1c2c(cc(C(C)(C)C)c1C(C)(C)C)-c1cc(C(C)(C)C)c(C(C)(C)C)cc1C2. The summed E-state index contributed by atoms with van der Waals surface area (Å²) in [6.07, 6.45) is 16.3. The predicted octanol–water partition coefficient (Wildman–Crippen LogP) is 14.2. The Balaban J connectivity index is 0.00000372. The number of rotatable bonds is 10. The Morgan fingerprint density at radius 3 is 1.41 bits per heavy atom. The van der Waals surface area contributed by atoms with Gasteiger partial charge in [-0.15, -0.1) is 24.8 Å². The molecule has 2 aliphatic carbocycles. The first-order chi connectivity index (χ1) is 26.0. The Morgan fingerprint density at radius 1 is 0.569 bits per heavy atom. The predicted molar refractivity (Wildman–Crippen MR) is 262 cm³/mol. The van der Waals surface area contributed by atoms with E-state index in [0.717, 1.165) is 25.7 Å². The molecule has 0 radical (unpaired) electrons. The van der Waals surface area contributed by atoms with Gasteiger partial charge in [0.2, 0.25) is 0 Å². The number of halogens is 2. The fraction of sp³-hybridized carbons (Fsp3) is 0.473. The van der Waals surface area contributed by atoms with E-state index in [2.05, 4.69) is 182 Å². The Hall–Kier alpha value is -2.32. The van der Waals surface area contributed by atoms with Crippen LogP contribution < -0.4 is 9.96 Å². The van der Waals surface area contributed by atoms with E-state index in [-0.39, 0.29) is 46.5 Å². The molecule has 2 aliphatic rings. The fourth-order valence-corrected chi connectivity index (χ4v) is 34.6. The van der Waals surface area contributed by atoms with Gasteiger partial charge in [-0.1, -0.05) is 0 Å². The summed E-state index contributed by atoms with van der Waals surface area (Å²) in [6.45, 7) is 33.8. The van der Waals surface area contributed by atoms with Gasteiger partial charge in [-0.2, -0.15) is 0 Å². The first-order valence-corrected chi connectivity index (χ1v) is 31.7. The zero-order chi connectivity index (χ0) is 41.1. The molecule has 0 nitrogen and oxygen atoms in total. The Labute approximate surface area is 368 Å². The molecule has 0 heterocycles. The fourth-order valence-electron chi connectivity index (χ4n) is 10.3. The molecule has 3 heteroatoms. The second-order valence-corrected chi connectivity index (χ2v) is 40.5. The van der Waals surface area contributed by atoms with Crippen molar-refractivity contribution in [2.45, 2.75) is 170 Å². The molecule has 0 spiro atoms. The Morgan fingerprint density at radius 2 is 1.02 bits per heavy atom. The molecule has 0 aliphatic heterocycles. The molecule has 0 atom stereocenters. The van der Waals surface area contributed by atoms with Crippen LogP contribution in [0.25, 0.3) is 11.1 Å². The van der Waals surface area contributed by atoms with Crippen molar-refractivity contribution in [3.8, 4) is 11.1 Å². The molecule has 0 fully saturated rings. The quantitative estimate of drug-likeness (QED) is 0.122. The van der Waals surface area contributed by atoms with E-state index in [0.29, 0.717) is 0 Å². The average molecular weight is 987 g/mol. The van der Waals surface area contributed by atoms with Crippen molar-refractivity contribution >= 4 is 39.0 Å². The van der Waals surface area contributed by atoms with Crippen molar-refractivity contribution < 1.29 is 18.0 Å². The van der Waals surface area contributed by atoms with Crippen LogP contribution in [0.4, 0.5) is 0 Å². The topological polar surface area (TPSA) is 0 Å². The number of fused-ring (bicyclic) bond motifs is 3. The van der Waals surface area contributed by atoms with Gasteiger partial charge >= 0.3 is 346 Å². The van der Waals surface area contributed by atoms with Crippen molar-refractivity contribution in [1.82, 2.24) is 0 Å². The molecule has 0 amide bonds. The van der Waals surface area contributed by atoms with Gasteiger partial charge in [0, 0.05) is 0 Å². The van der Waals surface area contributed by atoms with E-state index in [1.165, 1.54) is 76.8 Å². The van der Waals surface area contributed by atoms with Gasteiger partial charge in [-0.3, -0.25) is 0 Å². The molecule has 0 saturated heterocycles. The molecule has 0 saturated carbocycles. The summed E-state index contributed by atoms with van der Waals surface area (Å²) in [6, 6.07) is 28.0. The van der Waals surface area contributed by atoms with Crippen LogP contribution >= 0.6 is 24.8 Å². The third-order valence-electron chi connectivity index (χ3n) is 13.4. The molecule has 0 aromatic heterocycles. The Kier molecular flexibility index (Phi) is 14.3. The van der Waals surface area contributed by atoms with Crippen LogP contribution in [-0.2, 0) is 58.9 Å². The van der Waals surface area contributed by atoms with E-state index in [1.54, 1.807) is 17.8 Å². The van der Waals surface area contributed by atoms with Gasteiger partial charge in [-0.25, -0.2) is 0 Å². The molecule has 6 rings (SSSR count). The van der Waals surface area contributed by atoms with Crippen LogP contribution in [0.5, 0.6) is 0 Å². The van der Waals surface area contributed by atoms with E-state index < -0.39 is 18.0 Å². The van der Waals surface area contributed by atoms with Crippen LogP contribution in [0.3, 0.4) is 0 Å². The van der Waals surface area contributed by atoms with Gasteiger partial charge < -0.3 is 0 Å². The summed E-state index contributed by atoms with van der Waals surface area (Å²) < 4.78 is 12.2. The summed E-state index contributed by atoms with van der Waals surface area (Å²) >= 11 is -5.29. The number of aryl methyl sites for hydroxylation is 2. The zero-order valence-electron chi connectivity index (χ0n) is 38.8. The van der Waals surface area contributed by atoms with Crippen LogP contribution in [0.15, 0.2) is 88.3 Å². The second kappa shape index (κ2) is 17.2. The van der Waals surface area contributed by atoms with Crippen molar-refractivity contribution in [3.05, 3.63) is 133 Å². The maximum atomic E-state index is 6.04. The van der Waals surface area contributed by atoms with Gasteiger partial charge in [0.15, 0.2) is 0 Å². The molecule has 58 heavy (non-hydrogen) atoms. The van der Waals surface area contributed by atoms with Crippen molar-refractivity contribution in [2.75, 3.05) is 0 Å². The van der Waals surface area contributed by atoms with Crippen LogP contribution in [0.2, 0.25) is 0 Å². The third kappa shape index (κ3) is 8.46. The molecule has 4 aromatic carbocycles. The van der Waals surface area contributed by atoms with Crippen molar-refractivity contribution in [3.63, 3.8) is 0 Å². The van der Waals surface area contributed by atoms with Gasteiger partial charge in [-0.05, 0) is 0 Å². The first-order valence-electron chi connectivity index (χ1n) is 22.0. The molecule has 0 N–H and O–H groups in total. The number of hydrogen-bond donors (Lipinski definition) is 0. The summed E-state index contributed by atoms with van der Waals surface area (Å²) in [5.74, 6) is 0. The van der Waals surface area contributed by atoms with E-state index >= 15 is 0 Å². The molecule has 0 bridgehead atoms. The summed E-state index contributed by atoms with van der Waals surface area (Å²) in [4.78, 5) is 0. The minimum absolute atomic E-state index is 0. The number of benzene rings is 4. The molecular formula is C55H76Cl2Hf. The normalized spacial score (nSPS) is 14.4. The summed E-state index contributed by atoms with van der Waals surface area (Å²) in [5.41, 5.74) is 14.7. The van der Waals surface area contributed by atoms with Crippen molar-refractivity contribution in [2.24, 2.45) is 0 Å². The third-order valence-corrected chi connectivity index (χ3v) is 37.3. The minimum atomic E-state index is -5.29. The molecule has 314 valence electrons. The molecule has 0 unspecified atom stereocenters. The van der Waals surface area contributed by atoms with Crippen molar-refractivity contribution in [1.29, 1.82) is 0 Å². The maximum absolute atomic E-state index is 6.04. The Bertz CT molecular complexity index is 2180. The van der Waals surface area contributed by atoms with E-state index in [9.17, 15) is 0 Å². The summed E-state index contributed by atoms with van der Waals surface area (Å²) in [7, 11) is 0. The number of allylic oxidation sites excluding steroid dienone is 4. The van der Waals surface area contributed by atoms with E-state index in [4.69, 9.17) is 4.26 Å². The van der Waals surface area contributed by atoms with Crippen LogP contribution in [-0.4, -0.2) is 4.26 Å². The number of hydrogen-bond acceptors (Lipinski definition) is 0. The van der Waals surface area contributed by atoms with Gasteiger partial charge in [0.1, 0.15) is 0 Å². The van der Waals surface area contributed by atoms with Crippen LogP contribution in [0.1, 0.15) is 174 Å². The standard InChI is InChI=1S/C29H41.2C10H13.C5H5.CH2.2ClH.Hf/c1-26(2,3)22-14-18-13-19-15-23(27(4,5)6)25(29(10,11)12)17-21(19)20(18)16-24(22)28(7,8)9;2*1-2-3-7-10-8-5-4-6-9-10;1-2-4-5-3-1;;;;/h14,16-17H,13H2,1-12H3;2*5-6,8-9H,2-3,7H2,1H3;1-3H,4H2;1H2;2*1H;. The van der Waals surface area contributed by atoms with Gasteiger partial charge in [0.25, 0.3) is 0 Å². The zero-order valence-corrected chi connectivity index (χ0v) is 44.0. The summed E-state index contributed by atoms with van der Waals surface area (Å²) in [5, 5.41) is 0. The molecule has 4 aromatic rings. The average Bonchev–Trinajstić information content (AvgIpc) is 3.80. The molecular weight excluding hydrogens is 910 g/mol. The van der Waals surface area contributed by atoms with E-state index in [1.807, 2.05) is 0 Å². The van der Waals surface area contributed by atoms with Gasteiger partial charge in [0.05, 0.1) is 0 Å². The monoisotopic (exact) mass is 986 g/mol.